The summed E-state index contributed by atoms with van der Waals surface area (Å²) in [5.41, 5.74) is 10.5. The highest BCUT2D eigenvalue weighted by Gasteiger charge is 2.19. The predicted octanol–water partition coefficient (Wildman–Crippen LogP) is 3.30. The van der Waals surface area contributed by atoms with Gasteiger partial charge in [-0.2, -0.15) is 0 Å². The summed E-state index contributed by atoms with van der Waals surface area (Å²) in [4.78, 5) is 0.221. The van der Waals surface area contributed by atoms with Gasteiger partial charge in [-0.05, 0) is 74.2 Å². The van der Waals surface area contributed by atoms with Crippen molar-refractivity contribution in [2.24, 2.45) is 0 Å². The van der Waals surface area contributed by atoms with Crippen LogP contribution in [0.15, 0.2) is 35.2 Å². The third-order valence-electron chi connectivity index (χ3n) is 3.69. The van der Waals surface area contributed by atoms with E-state index in [4.69, 9.17) is 5.73 Å². The molecule has 0 radical (unpaired) electrons. The molecule has 0 aliphatic carbocycles. The summed E-state index contributed by atoms with van der Waals surface area (Å²) in [6.45, 7) is 7.56. The summed E-state index contributed by atoms with van der Waals surface area (Å²) in [6.07, 6.45) is 0. The zero-order chi connectivity index (χ0) is 15.8. The molecule has 21 heavy (non-hydrogen) atoms. The van der Waals surface area contributed by atoms with Gasteiger partial charge in [-0.25, -0.2) is 8.42 Å². The van der Waals surface area contributed by atoms with Crippen LogP contribution in [0.3, 0.4) is 0 Å². The first kappa shape index (κ1) is 15.4. The number of rotatable bonds is 3. The van der Waals surface area contributed by atoms with Crippen molar-refractivity contribution < 1.29 is 8.42 Å². The lowest BCUT2D eigenvalue weighted by atomic mass is 10.1. The van der Waals surface area contributed by atoms with Crippen LogP contribution in [0.25, 0.3) is 0 Å². The Morgan fingerprint density at radius 1 is 0.905 bits per heavy atom. The monoisotopic (exact) mass is 304 g/mol. The molecular weight excluding hydrogens is 284 g/mol. The molecule has 0 aliphatic rings. The van der Waals surface area contributed by atoms with Crippen molar-refractivity contribution in [3.63, 3.8) is 0 Å². The number of nitrogens with two attached hydrogens (primary N) is 1. The molecule has 0 amide bonds. The van der Waals surface area contributed by atoms with Crippen LogP contribution in [0.1, 0.15) is 22.3 Å². The lowest BCUT2D eigenvalue weighted by Crippen LogP contribution is -2.15. The quantitative estimate of drug-likeness (QED) is 0.855. The minimum atomic E-state index is -3.65. The van der Waals surface area contributed by atoms with Gasteiger partial charge >= 0.3 is 0 Å². The molecule has 4 nitrogen and oxygen atoms in total. The molecule has 2 rings (SSSR count). The van der Waals surface area contributed by atoms with E-state index in [2.05, 4.69) is 4.72 Å². The molecule has 0 atom stereocenters. The predicted molar refractivity (Wildman–Crippen MR) is 87.1 cm³/mol. The van der Waals surface area contributed by atoms with Crippen molar-refractivity contribution in [3.8, 4) is 0 Å². The van der Waals surface area contributed by atoms with E-state index in [-0.39, 0.29) is 4.90 Å². The Morgan fingerprint density at radius 2 is 1.57 bits per heavy atom. The Balaban J connectivity index is 2.45. The topological polar surface area (TPSA) is 72.2 Å². The molecular formula is C16H20N2O2S. The van der Waals surface area contributed by atoms with Gasteiger partial charge in [0, 0.05) is 11.4 Å². The fraction of sp³-hybridized carbons (Fsp3) is 0.250. The summed E-state index contributed by atoms with van der Waals surface area (Å²) in [5, 5.41) is 0. The summed E-state index contributed by atoms with van der Waals surface area (Å²) in [6, 6.07) is 8.73. The third-order valence-corrected chi connectivity index (χ3v) is 5.20. The minimum absolute atomic E-state index is 0.221. The van der Waals surface area contributed by atoms with Crippen molar-refractivity contribution >= 4 is 21.4 Å². The van der Waals surface area contributed by atoms with Gasteiger partial charge in [-0.3, -0.25) is 4.72 Å². The van der Waals surface area contributed by atoms with Gasteiger partial charge in [0.1, 0.15) is 0 Å². The maximum Gasteiger partial charge on any atom is 0.262 e. The van der Waals surface area contributed by atoms with Crippen molar-refractivity contribution in [3.05, 3.63) is 52.6 Å². The minimum Gasteiger partial charge on any atom is -0.399 e. The van der Waals surface area contributed by atoms with Crippen LogP contribution in [-0.2, 0) is 10.0 Å². The van der Waals surface area contributed by atoms with E-state index in [1.165, 1.54) is 6.07 Å². The first-order chi connectivity index (χ1) is 9.70. The van der Waals surface area contributed by atoms with Gasteiger partial charge in [-0.1, -0.05) is 6.07 Å². The number of sulfonamides is 1. The molecule has 0 unspecified atom stereocenters. The lowest BCUT2D eigenvalue weighted by molar-refractivity contribution is 0.600. The first-order valence-electron chi connectivity index (χ1n) is 6.67. The van der Waals surface area contributed by atoms with Gasteiger partial charge in [-0.15, -0.1) is 0 Å². The number of nitrogens with one attached hydrogen (secondary N) is 1. The van der Waals surface area contributed by atoms with Gasteiger partial charge in [0.2, 0.25) is 0 Å². The van der Waals surface area contributed by atoms with Crippen LogP contribution in [0.5, 0.6) is 0 Å². The summed E-state index contributed by atoms with van der Waals surface area (Å²) in [7, 11) is -3.65. The normalized spacial score (nSPS) is 11.4. The second kappa shape index (κ2) is 5.41. The summed E-state index contributed by atoms with van der Waals surface area (Å²) >= 11 is 0. The number of nitrogen functional groups attached to an aromatic ring is 1. The SMILES string of the molecule is Cc1ccc(NS(=O)(=O)c2cc(N)cc(C)c2C)cc1C. The molecule has 3 N–H and O–H groups in total. The van der Waals surface area contributed by atoms with E-state index in [0.29, 0.717) is 16.9 Å². The van der Waals surface area contributed by atoms with E-state index in [1.807, 2.05) is 32.9 Å². The highest BCUT2D eigenvalue weighted by molar-refractivity contribution is 7.92. The number of hydrogen-bond donors (Lipinski definition) is 2. The zero-order valence-corrected chi connectivity index (χ0v) is 13.5. The smallest absolute Gasteiger partial charge is 0.262 e. The highest BCUT2D eigenvalue weighted by atomic mass is 32.2. The summed E-state index contributed by atoms with van der Waals surface area (Å²) in [5.74, 6) is 0. The van der Waals surface area contributed by atoms with Crippen LogP contribution < -0.4 is 10.5 Å². The second-order valence-corrected chi connectivity index (χ2v) is 7.02. The Hall–Kier alpha value is -2.01. The van der Waals surface area contributed by atoms with Crippen molar-refractivity contribution in [1.29, 1.82) is 0 Å². The van der Waals surface area contributed by atoms with Crippen molar-refractivity contribution in [1.82, 2.24) is 0 Å². The van der Waals surface area contributed by atoms with Crippen LogP contribution in [0.2, 0.25) is 0 Å². The van der Waals surface area contributed by atoms with E-state index in [1.54, 1.807) is 19.1 Å². The van der Waals surface area contributed by atoms with Crippen LogP contribution in [0.4, 0.5) is 11.4 Å². The molecule has 5 heteroatoms. The molecule has 0 bridgehead atoms. The van der Waals surface area contributed by atoms with E-state index >= 15 is 0 Å². The molecule has 0 saturated carbocycles. The Morgan fingerprint density at radius 3 is 2.19 bits per heavy atom. The molecule has 112 valence electrons. The van der Waals surface area contributed by atoms with E-state index in [9.17, 15) is 8.42 Å². The van der Waals surface area contributed by atoms with Gasteiger partial charge in [0.05, 0.1) is 4.90 Å². The van der Waals surface area contributed by atoms with Crippen molar-refractivity contribution in [2.45, 2.75) is 32.6 Å². The summed E-state index contributed by atoms with van der Waals surface area (Å²) < 4.78 is 27.7. The fourth-order valence-electron chi connectivity index (χ4n) is 2.15. The molecule has 0 aromatic heterocycles. The number of anilines is 2. The second-order valence-electron chi connectivity index (χ2n) is 5.37. The van der Waals surface area contributed by atoms with Crippen molar-refractivity contribution in [2.75, 3.05) is 10.5 Å². The largest absolute Gasteiger partial charge is 0.399 e. The zero-order valence-electron chi connectivity index (χ0n) is 12.7. The average molecular weight is 304 g/mol. The standard InChI is InChI=1S/C16H20N2O2S/c1-10-5-6-15(8-11(10)2)18-21(19,20)16-9-14(17)7-12(3)13(16)4/h5-9,18H,17H2,1-4H3. The molecule has 0 spiro atoms. The number of hydrogen-bond acceptors (Lipinski definition) is 3. The maximum absolute atomic E-state index is 12.6. The van der Waals surface area contributed by atoms with E-state index < -0.39 is 10.0 Å². The molecule has 0 saturated heterocycles. The third kappa shape index (κ3) is 3.19. The molecule has 2 aromatic carbocycles. The highest BCUT2D eigenvalue weighted by Crippen LogP contribution is 2.25. The van der Waals surface area contributed by atoms with Gasteiger partial charge < -0.3 is 5.73 Å². The molecule has 0 fully saturated rings. The Bertz CT molecular complexity index is 796. The molecule has 0 heterocycles. The lowest BCUT2D eigenvalue weighted by Gasteiger charge is -2.14. The van der Waals surface area contributed by atoms with Crippen LogP contribution >= 0.6 is 0 Å². The Labute approximate surface area is 126 Å². The average Bonchev–Trinajstić information content (AvgIpc) is 2.37. The first-order valence-corrected chi connectivity index (χ1v) is 8.16. The van der Waals surface area contributed by atoms with Crippen LogP contribution in [0, 0.1) is 27.7 Å². The fourth-order valence-corrected chi connectivity index (χ4v) is 3.55. The van der Waals surface area contributed by atoms with Gasteiger partial charge in [0.25, 0.3) is 10.0 Å². The van der Waals surface area contributed by atoms with E-state index in [0.717, 1.165) is 16.7 Å². The number of benzene rings is 2. The molecule has 0 aliphatic heterocycles. The van der Waals surface area contributed by atoms with Crippen LogP contribution in [-0.4, -0.2) is 8.42 Å². The number of aryl methyl sites for hydroxylation is 3. The van der Waals surface area contributed by atoms with Gasteiger partial charge in [0.15, 0.2) is 0 Å². The maximum atomic E-state index is 12.6. The Kier molecular flexibility index (Phi) is 3.96. The molecule has 2 aromatic rings.